The molecule has 19 heavy (non-hydrogen) atoms. The summed E-state index contributed by atoms with van der Waals surface area (Å²) in [6.07, 6.45) is 3.48. The van der Waals surface area contributed by atoms with Crippen LogP contribution in [-0.4, -0.2) is 9.55 Å². The third kappa shape index (κ3) is 1.99. The molecule has 1 saturated carbocycles. The molecule has 0 aliphatic heterocycles. The molecule has 1 aromatic carbocycles. The van der Waals surface area contributed by atoms with Gasteiger partial charge in [-0.3, -0.25) is 0 Å². The average Bonchev–Trinajstić information content (AvgIpc) is 2.68. The molecule has 3 rings (SSSR count). The van der Waals surface area contributed by atoms with E-state index < -0.39 is 0 Å². The van der Waals surface area contributed by atoms with Gasteiger partial charge in [-0.05, 0) is 43.2 Å². The van der Waals surface area contributed by atoms with Crippen molar-refractivity contribution in [1.29, 1.82) is 0 Å². The summed E-state index contributed by atoms with van der Waals surface area (Å²) in [4.78, 5) is 4.21. The summed E-state index contributed by atoms with van der Waals surface area (Å²) in [5.41, 5.74) is 7.25. The van der Waals surface area contributed by atoms with Gasteiger partial charge < -0.3 is 10.3 Å². The van der Waals surface area contributed by atoms with Gasteiger partial charge >= 0.3 is 0 Å². The topological polar surface area (TPSA) is 43.8 Å². The monoisotopic (exact) mass is 261 g/mol. The Morgan fingerprint density at radius 2 is 2.11 bits per heavy atom. The number of rotatable bonds is 1. The van der Waals surface area contributed by atoms with Gasteiger partial charge in [-0.15, -0.1) is 0 Å². The van der Waals surface area contributed by atoms with Gasteiger partial charge in [0.05, 0.1) is 5.52 Å². The molecule has 1 heterocycles. The summed E-state index contributed by atoms with van der Waals surface area (Å²) in [5.74, 6) is 1.46. The number of nitrogens with two attached hydrogens (primary N) is 1. The minimum atomic E-state index is -0.292. The Morgan fingerprint density at radius 3 is 2.84 bits per heavy atom. The number of aromatic nitrogens is 2. The van der Waals surface area contributed by atoms with Crippen molar-refractivity contribution in [3.63, 3.8) is 0 Å². The highest BCUT2D eigenvalue weighted by molar-refractivity contribution is 5.79. The maximum atomic E-state index is 13.8. The van der Waals surface area contributed by atoms with Crippen molar-refractivity contribution in [1.82, 2.24) is 9.55 Å². The van der Waals surface area contributed by atoms with Gasteiger partial charge in [0.2, 0.25) is 5.95 Å². The first-order valence-electron chi connectivity index (χ1n) is 7.00. The summed E-state index contributed by atoms with van der Waals surface area (Å²) in [5, 5.41) is 0. The molecule has 3 nitrogen and oxygen atoms in total. The molecule has 1 aromatic heterocycles. The normalized spacial score (nSPS) is 27.8. The first kappa shape index (κ1) is 12.5. The molecular weight excluding hydrogens is 241 g/mol. The molecule has 4 heteroatoms. The van der Waals surface area contributed by atoms with Crippen LogP contribution in [0.5, 0.6) is 0 Å². The smallest absolute Gasteiger partial charge is 0.201 e. The van der Waals surface area contributed by atoms with Crippen molar-refractivity contribution in [3.05, 3.63) is 24.0 Å². The fourth-order valence-electron chi connectivity index (χ4n) is 3.48. The predicted molar refractivity (Wildman–Crippen MR) is 75.3 cm³/mol. The third-order valence-electron chi connectivity index (χ3n) is 4.42. The van der Waals surface area contributed by atoms with Gasteiger partial charge in [-0.2, -0.15) is 0 Å². The van der Waals surface area contributed by atoms with Gasteiger partial charge in [0.25, 0.3) is 0 Å². The molecule has 0 amide bonds. The maximum absolute atomic E-state index is 13.8. The Morgan fingerprint density at radius 1 is 1.32 bits per heavy atom. The third-order valence-corrected chi connectivity index (χ3v) is 4.42. The summed E-state index contributed by atoms with van der Waals surface area (Å²) in [6, 6.07) is 5.41. The van der Waals surface area contributed by atoms with Crippen LogP contribution in [-0.2, 0) is 0 Å². The minimum absolute atomic E-state index is 0.292. The lowest BCUT2D eigenvalue weighted by atomic mass is 9.79. The van der Waals surface area contributed by atoms with E-state index in [1.54, 1.807) is 6.07 Å². The number of hydrogen-bond donors (Lipinski definition) is 1. The van der Waals surface area contributed by atoms with E-state index in [9.17, 15) is 4.39 Å². The summed E-state index contributed by atoms with van der Waals surface area (Å²) >= 11 is 0. The number of benzene rings is 1. The van der Waals surface area contributed by atoms with Crippen molar-refractivity contribution in [3.8, 4) is 0 Å². The lowest BCUT2D eigenvalue weighted by Gasteiger charge is -2.34. The molecular formula is C15H20FN3. The molecule has 0 bridgehead atoms. The van der Waals surface area contributed by atoms with E-state index in [1.165, 1.54) is 18.9 Å². The Balaban J connectivity index is 2.10. The molecule has 1 aliphatic rings. The highest BCUT2D eigenvalue weighted by atomic mass is 19.1. The molecule has 0 radical (unpaired) electrons. The fourth-order valence-corrected chi connectivity index (χ4v) is 3.48. The molecule has 3 unspecified atom stereocenters. The number of fused-ring (bicyclic) bond motifs is 1. The number of halogens is 1. The highest BCUT2D eigenvalue weighted by Crippen LogP contribution is 2.39. The lowest BCUT2D eigenvalue weighted by molar-refractivity contribution is 0.213. The van der Waals surface area contributed by atoms with Gasteiger partial charge in [-0.25, -0.2) is 9.37 Å². The van der Waals surface area contributed by atoms with Crippen LogP contribution in [0.25, 0.3) is 11.0 Å². The first-order valence-corrected chi connectivity index (χ1v) is 7.00. The highest BCUT2D eigenvalue weighted by Gasteiger charge is 2.29. The number of para-hydroxylation sites is 1. The van der Waals surface area contributed by atoms with Gasteiger partial charge in [0, 0.05) is 6.04 Å². The number of hydrogen-bond acceptors (Lipinski definition) is 2. The van der Waals surface area contributed by atoms with E-state index in [0.29, 0.717) is 23.4 Å². The van der Waals surface area contributed by atoms with Crippen LogP contribution in [0, 0.1) is 17.7 Å². The Kier molecular flexibility index (Phi) is 2.96. The molecule has 3 atom stereocenters. The Bertz CT molecular complexity index is 605. The maximum Gasteiger partial charge on any atom is 0.201 e. The van der Waals surface area contributed by atoms with E-state index in [-0.39, 0.29) is 5.82 Å². The van der Waals surface area contributed by atoms with Gasteiger partial charge in [-0.1, -0.05) is 19.9 Å². The van der Waals surface area contributed by atoms with Crippen molar-refractivity contribution < 1.29 is 4.39 Å². The fraction of sp³-hybridized carbons (Fsp3) is 0.533. The molecule has 0 spiro atoms. The summed E-state index contributed by atoms with van der Waals surface area (Å²) < 4.78 is 15.8. The first-order chi connectivity index (χ1) is 9.08. The molecule has 1 fully saturated rings. The van der Waals surface area contributed by atoms with Crippen molar-refractivity contribution in [2.24, 2.45) is 11.8 Å². The van der Waals surface area contributed by atoms with E-state index in [2.05, 4.69) is 18.8 Å². The second-order valence-corrected chi connectivity index (χ2v) is 5.91. The quantitative estimate of drug-likeness (QED) is 0.849. The van der Waals surface area contributed by atoms with Crippen LogP contribution < -0.4 is 5.73 Å². The zero-order valence-corrected chi connectivity index (χ0v) is 11.4. The van der Waals surface area contributed by atoms with Gasteiger partial charge in [0.15, 0.2) is 5.82 Å². The van der Waals surface area contributed by atoms with Crippen LogP contribution in [0.2, 0.25) is 0 Å². The standard InChI is InChI=1S/C15H20FN3/c1-9-6-7-12(10(2)8-9)19-13-5-3-4-11(16)14(13)18-15(19)17/h3-5,9-10,12H,6-8H2,1-2H3,(H2,17,18). The number of imidazole rings is 1. The van der Waals surface area contributed by atoms with Crippen LogP contribution in [0.1, 0.15) is 39.2 Å². The van der Waals surface area contributed by atoms with E-state index in [1.807, 2.05) is 10.6 Å². The molecule has 1 aliphatic carbocycles. The van der Waals surface area contributed by atoms with Crippen molar-refractivity contribution in [2.45, 2.75) is 39.2 Å². The number of nitrogen functional groups attached to an aromatic ring is 1. The van der Waals surface area contributed by atoms with E-state index in [4.69, 9.17) is 5.73 Å². The molecule has 102 valence electrons. The second kappa shape index (κ2) is 4.51. The van der Waals surface area contributed by atoms with Gasteiger partial charge in [0.1, 0.15) is 5.52 Å². The lowest BCUT2D eigenvalue weighted by Crippen LogP contribution is -2.25. The zero-order valence-electron chi connectivity index (χ0n) is 11.4. The van der Waals surface area contributed by atoms with E-state index in [0.717, 1.165) is 17.9 Å². The SMILES string of the molecule is CC1CCC(n2c(N)nc3c(F)cccc32)C(C)C1. The largest absolute Gasteiger partial charge is 0.369 e. The Labute approximate surface area is 112 Å². The number of nitrogens with zero attached hydrogens (tertiary/aromatic N) is 2. The number of anilines is 1. The molecule has 0 saturated heterocycles. The van der Waals surface area contributed by atoms with E-state index >= 15 is 0 Å². The van der Waals surface area contributed by atoms with Crippen LogP contribution >= 0.6 is 0 Å². The van der Waals surface area contributed by atoms with Crippen LogP contribution in [0.3, 0.4) is 0 Å². The Hall–Kier alpha value is -1.58. The van der Waals surface area contributed by atoms with Crippen LogP contribution in [0.4, 0.5) is 10.3 Å². The predicted octanol–water partition coefficient (Wildman–Crippen LogP) is 3.75. The van der Waals surface area contributed by atoms with Crippen LogP contribution in [0.15, 0.2) is 18.2 Å². The zero-order chi connectivity index (χ0) is 13.6. The average molecular weight is 261 g/mol. The molecule has 2 N–H and O–H groups in total. The summed E-state index contributed by atoms with van der Waals surface area (Å²) in [7, 11) is 0. The van der Waals surface area contributed by atoms with Crippen molar-refractivity contribution >= 4 is 17.0 Å². The van der Waals surface area contributed by atoms with Crippen molar-refractivity contribution in [2.75, 3.05) is 5.73 Å². The minimum Gasteiger partial charge on any atom is -0.369 e. The molecule has 2 aromatic rings. The second-order valence-electron chi connectivity index (χ2n) is 5.91. The summed E-state index contributed by atoms with van der Waals surface area (Å²) in [6.45, 7) is 4.55.